The number of esters is 1. The number of amides is 3. The van der Waals surface area contributed by atoms with Crippen LogP contribution in [0.2, 0.25) is 0 Å². The van der Waals surface area contributed by atoms with Gasteiger partial charge < -0.3 is 26.0 Å². The highest BCUT2D eigenvalue weighted by molar-refractivity contribution is 6.01. The predicted octanol–water partition coefficient (Wildman–Crippen LogP) is 2.40. The summed E-state index contributed by atoms with van der Waals surface area (Å²) in [6.07, 6.45) is -2.10. The number of carboxylic acid groups (broad SMARTS) is 1. The van der Waals surface area contributed by atoms with Crippen molar-refractivity contribution < 1.29 is 38.6 Å². The van der Waals surface area contributed by atoms with Crippen LogP contribution in [0.4, 0.5) is 4.79 Å². The van der Waals surface area contributed by atoms with Crippen molar-refractivity contribution in [2.45, 2.75) is 64.3 Å². The number of primary amides is 1. The Hall–Kier alpha value is -4.25. The standard InChI is InChI=1S/C28H35N3O8/c1-28(2,3)39-27(37)31(25(34)23(29)20(26(35)36)16-18-10-6-4-7-11-18)21(24(30)33)14-15-22(32)38-17-19-12-8-5-9-13-19/h4-13,20-21,23H,14-17,29H2,1-3H3,(H2,30,33)(H,35,36)/t20?,21-,23+/m1/s1. The molecule has 0 spiro atoms. The lowest BCUT2D eigenvalue weighted by Crippen LogP contribution is -2.59. The molecule has 0 radical (unpaired) electrons. The van der Waals surface area contributed by atoms with Gasteiger partial charge in [0.25, 0.3) is 0 Å². The molecule has 0 aliphatic rings. The normalized spacial score (nSPS) is 13.4. The Bertz CT molecular complexity index is 1150. The Morgan fingerprint density at radius 1 is 0.923 bits per heavy atom. The van der Waals surface area contributed by atoms with Crippen molar-refractivity contribution in [3.05, 3.63) is 71.8 Å². The van der Waals surface area contributed by atoms with Gasteiger partial charge in [0.2, 0.25) is 11.8 Å². The number of benzene rings is 2. The number of hydrogen-bond donors (Lipinski definition) is 3. The molecule has 2 aromatic rings. The highest BCUT2D eigenvalue weighted by atomic mass is 16.6. The summed E-state index contributed by atoms with van der Waals surface area (Å²) < 4.78 is 10.5. The second kappa shape index (κ2) is 14.1. The molecule has 210 valence electrons. The molecule has 0 saturated carbocycles. The lowest BCUT2D eigenvalue weighted by Gasteiger charge is -2.33. The number of carboxylic acids is 1. The lowest BCUT2D eigenvalue weighted by atomic mass is 9.91. The Morgan fingerprint density at radius 3 is 1.95 bits per heavy atom. The third-order valence-corrected chi connectivity index (χ3v) is 5.67. The summed E-state index contributed by atoms with van der Waals surface area (Å²) in [4.78, 5) is 63.9. The van der Waals surface area contributed by atoms with Crippen LogP contribution in [-0.2, 0) is 41.7 Å². The molecule has 1 unspecified atom stereocenters. The van der Waals surface area contributed by atoms with Gasteiger partial charge in [-0.15, -0.1) is 0 Å². The maximum atomic E-state index is 13.5. The molecule has 0 fully saturated rings. The van der Waals surface area contributed by atoms with Crippen LogP contribution < -0.4 is 11.5 Å². The highest BCUT2D eigenvalue weighted by Gasteiger charge is 2.42. The molecule has 3 atom stereocenters. The Labute approximate surface area is 227 Å². The maximum Gasteiger partial charge on any atom is 0.417 e. The molecule has 3 amide bonds. The molecular formula is C28H35N3O8. The van der Waals surface area contributed by atoms with Crippen molar-refractivity contribution >= 4 is 29.8 Å². The van der Waals surface area contributed by atoms with Gasteiger partial charge in [-0.25, -0.2) is 9.69 Å². The van der Waals surface area contributed by atoms with Crippen molar-refractivity contribution in [1.29, 1.82) is 0 Å². The van der Waals surface area contributed by atoms with Crippen LogP contribution in [0.15, 0.2) is 60.7 Å². The van der Waals surface area contributed by atoms with Gasteiger partial charge in [0.1, 0.15) is 18.2 Å². The number of ether oxygens (including phenoxy) is 2. The van der Waals surface area contributed by atoms with Gasteiger partial charge in [0, 0.05) is 6.42 Å². The summed E-state index contributed by atoms with van der Waals surface area (Å²) in [5.41, 5.74) is 11.9. The molecule has 2 rings (SSSR count). The van der Waals surface area contributed by atoms with Crippen molar-refractivity contribution in [3.63, 3.8) is 0 Å². The Balaban J connectivity index is 2.27. The minimum absolute atomic E-state index is 0.0136. The molecule has 11 nitrogen and oxygen atoms in total. The van der Waals surface area contributed by atoms with Gasteiger partial charge in [-0.05, 0) is 44.7 Å². The Morgan fingerprint density at radius 2 is 1.46 bits per heavy atom. The quantitative estimate of drug-likeness (QED) is 0.340. The monoisotopic (exact) mass is 541 g/mol. The first-order valence-electron chi connectivity index (χ1n) is 12.4. The van der Waals surface area contributed by atoms with E-state index in [1.807, 2.05) is 6.07 Å². The van der Waals surface area contributed by atoms with E-state index in [0.29, 0.717) is 10.5 Å². The van der Waals surface area contributed by atoms with Gasteiger partial charge >= 0.3 is 18.0 Å². The molecule has 0 aromatic heterocycles. The molecule has 11 heteroatoms. The Kier molecular flexibility index (Phi) is 11.2. The fourth-order valence-electron chi connectivity index (χ4n) is 3.71. The third kappa shape index (κ3) is 9.86. The molecule has 5 N–H and O–H groups in total. The number of aliphatic carboxylic acids is 1. The zero-order valence-corrected chi connectivity index (χ0v) is 22.2. The minimum Gasteiger partial charge on any atom is -0.481 e. The summed E-state index contributed by atoms with van der Waals surface area (Å²) >= 11 is 0. The number of rotatable bonds is 12. The van der Waals surface area contributed by atoms with E-state index in [4.69, 9.17) is 20.9 Å². The summed E-state index contributed by atoms with van der Waals surface area (Å²) in [5.74, 6) is -5.78. The minimum atomic E-state index is -1.73. The fraction of sp³-hybridized carbons (Fsp3) is 0.393. The number of nitrogens with zero attached hydrogens (tertiary/aromatic N) is 1. The second-order valence-electron chi connectivity index (χ2n) is 9.95. The zero-order valence-electron chi connectivity index (χ0n) is 22.2. The van der Waals surface area contributed by atoms with E-state index in [2.05, 4.69) is 0 Å². The van der Waals surface area contributed by atoms with E-state index in [9.17, 15) is 29.1 Å². The molecule has 0 heterocycles. The molecule has 0 bridgehead atoms. The van der Waals surface area contributed by atoms with Gasteiger partial charge in [0.05, 0.1) is 12.0 Å². The number of carbonyl (C=O) groups is 5. The van der Waals surface area contributed by atoms with E-state index >= 15 is 0 Å². The average Bonchev–Trinajstić information content (AvgIpc) is 2.87. The number of imide groups is 1. The smallest absolute Gasteiger partial charge is 0.417 e. The molecule has 0 aliphatic carbocycles. The SMILES string of the molecule is CC(C)(C)OC(=O)N(C(=O)[C@@H](N)C(Cc1ccccc1)C(=O)O)[C@H](CCC(=O)OCc1ccccc1)C(N)=O. The van der Waals surface area contributed by atoms with Crippen LogP contribution >= 0.6 is 0 Å². The number of nitrogens with two attached hydrogens (primary N) is 2. The zero-order chi connectivity index (χ0) is 29.2. The van der Waals surface area contributed by atoms with Gasteiger partial charge in [-0.2, -0.15) is 0 Å². The van der Waals surface area contributed by atoms with E-state index in [1.165, 1.54) is 0 Å². The first-order valence-corrected chi connectivity index (χ1v) is 12.4. The van der Waals surface area contributed by atoms with E-state index < -0.39 is 53.4 Å². The van der Waals surface area contributed by atoms with Crippen LogP contribution in [0.5, 0.6) is 0 Å². The van der Waals surface area contributed by atoms with Crippen LogP contribution in [0.25, 0.3) is 0 Å². The van der Waals surface area contributed by atoms with E-state index in [0.717, 1.165) is 5.56 Å². The van der Waals surface area contributed by atoms with Crippen molar-refractivity contribution in [2.24, 2.45) is 17.4 Å². The van der Waals surface area contributed by atoms with Crippen molar-refractivity contribution in [1.82, 2.24) is 4.90 Å². The summed E-state index contributed by atoms with van der Waals surface area (Å²) in [6.45, 7) is 4.62. The van der Waals surface area contributed by atoms with E-state index in [1.54, 1.807) is 75.4 Å². The first-order chi connectivity index (χ1) is 18.3. The van der Waals surface area contributed by atoms with Gasteiger partial charge in [0.15, 0.2) is 0 Å². The molecule has 39 heavy (non-hydrogen) atoms. The second-order valence-corrected chi connectivity index (χ2v) is 9.95. The maximum absolute atomic E-state index is 13.5. The number of hydrogen-bond acceptors (Lipinski definition) is 8. The lowest BCUT2D eigenvalue weighted by molar-refractivity contribution is -0.149. The van der Waals surface area contributed by atoms with Gasteiger partial charge in [-0.3, -0.25) is 19.2 Å². The van der Waals surface area contributed by atoms with Crippen LogP contribution in [0.1, 0.15) is 44.7 Å². The number of carbonyl (C=O) groups excluding carboxylic acids is 4. The highest BCUT2D eigenvalue weighted by Crippen LogP contribution is 2.20. The molecule has 0 saturated heterocycles. The van der Waals surface area contributed by atoms with Crippen LogP contribution in [0.3, 0.4) is 0 Å². The van der Waals surface area contributed by atoms with Crippen LogP contribution in [-0.4, -0.2) is 57.5 Å². The fourth-order valence-corrected chi connectivity index (χ4v) is 3.71. The molecule has 0 aliphatic heterocycles. The average molecular weight is 542 g/mol. The predicted molar refractivity (Wildman–Crippen MR) is 141 cm³/mol. The molecule has 2 aromatic carbocycles. The molecular weight excluding hydrogens is 506 g/mol. The van der Waals surface area contributed by atoms with Crippen molar-refractivity contribution in [3.8, 4) is 0 Å². The summed E-state index contributed by atoms with van der Waals surface area (Å²) in [5, 5.41) is 9.82. The topological polar surface area (TPSA) is 179 Å². The van der Waals surface area contributed by atoms with E-state index in [-0.39, 0.29) is 25.9 Å². The first kappa shape index (κ1) is 31.0. The summed E-state index contributed by atoms with van der Waals surface area (Å²) in [6, 6.07) is 14.0. The largest absolute Gasteiger partial charge is 0.481 e. The summed E-state index contributed by atoms with van der Waals surface area (Å²) in [7, 11) is 0. The third-order valence-electron chi connectivity index (χ3n) is 5.67. The van der Waals surface area contributed by atoms with Crippen LogP contribution in [0, 0.1) is 5.92 Å². The van der Waals surface area contributed by atoms with Crippen molar-refractivity contribution in [2.75, 3.05) is 0 Å². The van der Waals surface area contributed by atoms with Gasteiger partial charge in [-0.1, -0.05) is 60.7 Å².